The molecule has 76 valence electrons. The smallest absolute Gasteiger partial charge is 0.0908 e. The standard InChI is InChI=1S/C13H19N/c1-2-3-4-5-6-7-8-9-10-11-12-13-14/h2,7-8,11-12H,1,3-6,9-10H2/b8-7+,12-11+. The minimum absolute atomic E-state index is 0.969. The van der Waals surface area contributed by atoms with E-state index in [9.17, 15) is 0 Å². The van der Waals surface area contributed by atoms with Crippen molar-refractivity contribution in [1.29, 1.82) is 5.26 Å². The van der Waals surface area contributed by atoms with Crippen LogP contribution in [0.15, 0.2) is 37.0 Å². The Kier molecular flexibility index (Phi) is 10.6. The van der Waals surface area contributed by atoms with E-state index in [2.05, 4.69) is 18.7 Å². The van der Waals surface area contributed by atoms with Gasteiger partial charge in [-0.05, 0) is 38.5 Å². The summed E-state index contributed by atoms with van der Waals surface area (Å²) in [6, 6.07) is 1.98. The second-order valence-electron chi connectivity index (χ2n) is 3.15. The normalized spacial score (nSPS) is 10.8. The zero-order chi connectivity index (χ0) is 10.5. The van der Waals surface area contributed by atoms with E-state index >= 15 is 0 Å². The van der Waals surface area contributed by atoms with Crippen LogP contribution in [0.1, 0.15) is 38.5 Å². The lowest BCUT2D eigenvalue weighted by Crippen LogP contribution is -1.72. The van der Waals surface area contributed by atoms with E-state index in [-0.39, 0.29) is 0 Å². The van der Waals surface area contributed by atoms with Gasteiger partial charge in [-0.1, -0.05) is 24.3 Å². The molecule has 0 atom stereocenters. The topological polar surface area (TPSA) is 23.8 Å². The maximum Gasteiger partial charge on any atom is 0.0908 e. The van der Waals surface area contributed by atoms with Crippen LogP contribution >= 0.6 is 0 Å². The van der Waals surface area contributed by atoms with Crippen LogP contribution in [0, 0.1) is 11.3 Å². The van der Waals surface area contributed by atoms with Crippen molar-refractivity contribution >= 4 is 0 Å². The molecule has 0 rings (SSSR count). The molecule has 0 heterocycles. The number of allylic oxidation sites excluding steroid dienone is 5. The SMILES string of the molecule is C=CCCCC/C=C/CC/C=C/C#N. The molecule has 0 fully saturated rings. The molecule has 0 aromatic carbocycles. The second-order valence-corrected chi connectivity index (χ2v) is 3.15. The van der Waals surface area contributed by atoms with Crippen LogP contribution in [0.5, 0.6) is 0 Å². The summed E-state index contributed by atoms with van der Waals surface area (Å²) >= 11 is 0. The minimum atomic E-state index is 0.969. The average Bonchev–Trinajstić information content (AvgIpc) is 2.21. The van der Waals surface area contributed by atoms with Crippen LogP contribution in [0.3, 0.4) is 0 Å². The third kappa shape index (κ3) is 10.7. The number of hydrogen-bond donors (Lipinski definition) is 0. The average molecular weight is 189 g/mol. The molecule has 0 amide bonds. The first-order valence-electron chi connectivity index (χ1n) is 5.22. The van der Waals surface area contributed by atoms with E-state index in [1.165, 1.54) is 18.9 Å². The molecular weight excluding hydrogens is 170 g/mol. The van der Waals surface area contributed by atoms with Crippen molar-refractivity contribution in [2.45, 2.75) is 38.5 Å². The zero-order valence-electron chi connectivity index (χ0n) is 8.78. The van der Waals surface area contributed by atoms with Gasteiger partial charge < -0.3 is 0 Å². The molecule has 0 spiro atoms. The van der Waals surface area contributed by atoms with Crippen LogP contribution in [0.2, 0.25) is 0 Å². The van der Waals surface area contributed by atoms with Gasteiger partial charge in [0, 0.05) is 6.08 Å². The Hall–Kier alpha value is -1.29. The van der Waals surface area contributed by atoms with Gasteiger partial charge in [-0.2, -0.15) is 5.26 Å². The van der Waals surface area contributed by atoms with E-state index in [1.807, 2.05) is 18.2 Å². The Morgan fingerprint density at radius 1 is 0.929 bits per heavy atom. The van der Waals surface area contributed by atoms with Gasteiger partial charge in [0.25, 0.3) is 0 Å². The minimum Gasteiger partial charge on any atom is -0.193 e. The summed E-state index contributed by atoms with van der Waals surface area (Å²) in [4.78, 5) is 0. The Morgan fingerprint density at radius 3 is 2.29 bits per heavy atom. The zero-order valence-corrected chi connectivity index (χ0v) is 8.78. The maximum atomic E-state index is 8.23. The van der Waals surface area contributed by atoms with Crippen LogP contribution < -0.4 is 0 Å². The van der Waals surface area contributed by atoms with Gasteiger partial charge in [0.2, 0.25) is 0 Å². The summed E-state index contributed by atoms with van der Waals surface area (Å²) in [6.45, 7) is 3.68. The lowest BCUT2D eigenvalue weighted by atomic mass is 10.1. The first-order valence-corrected chi connectivity index (χ1v) is 5.22. The Morgan fingerprint density at radius 2 is 1.57 bits per heavy atom. The summed E-state index contributed by atoms with van der Waals surface area (Å²) in [7, 11) is 0. The van der Waals surface area contributed by atoms with E-state index < -0.39 is 0 Å². The third-order valence-corrected chi connectivity index (χ3v) is 1.89. The lowest BCUT2D eigenvalue weighted by molar-refractivity contribution is 0.761. The molecule has 0 aliphatic rings. The van der Waals surface area contributed by atoms with Gasteiger partial charge in [-0.15, -0.1) is 6.58 Å². The molecule has 0 aromatic rings. The fourth-order valence-electron chi connectivity index (χ4n) is 1.12. The van der Waals surface area contributed by atoms with E-state index in [4.69, 9.17) is 5.26 Å². The fraction of sp³-hybridized carbons (Fsp3) is 0.462. The van der Waals surface area contributed by atoms with Crippen molar-refractivity contribution < 1.29 is 0 Å². The molecule has 0 saturated carbocycles. The predicted molar refractivity (Wildman–Crippen MR) is 61.8 cm³/mol. The Labute approximate surface area is 87.4 Å². The highest BCUT2D eigenvalue weighted by Crippen LogP contribution is 2.02. The van der Waals surface area contributed by atoms with Crippen molar-refractivity contribution in [3.05, 3.63) is 37.0 Å². The Balaban J connectivity index is 3.16. The van der Waals surface area contributed by atoms with Gasteiger partial charge >= 0.3 is 0 Å². The molecular formula is C13H19N. The van der Waals surface area contributed by atoms with Crippen molar-refractivity contribution in [2.24, 2.45) is 0 Å². The van der Waals surface area contributed by atoms with Crippen molar-refractivity contribution in [1.82, 2.24) is 0 Å². The molecule has 0 aliphatic carbocycles. The molecule has 14 heavy (non-hydrogen) atoms. The van der Waals surface area contributed by atoms with Crippen LogP contribution in [-0.2, 0) is 0 Å². The van der Waals surface area contributed by atoms with Gasteiger partial charge in [-0.25, -0.2) is 0 Å². The van der Waals surface area contributed by atoms with Crippen LogP contribution in [0.25, 0.3) is 0 Å². The highest BCUT2D eigenvalue weighted by atomic mass is 14.2. The van der Waals surface area contributed by atoms with Crippen molar-refractivity contribution in [3.63, 3.8) is 0 Å². The number of nitriles is 1. The number of hydrogen-bond acceptors (Lipinski definition) is 1. The molecule has 0 saturated heterocycles. The van der Waals surface area contributed by atoms with Crippen LogP contribution in [0.4, 0.5) is 0 Å². The molecule has 0 unspecified atom stereocenters. The molecule has 0 bridgehead atoms. The highest BCUT2D eigenvalue weighted by Gasteiger charge is 1.82. The summed E-state index contributed by atoms with van der Waals surface area (Å²) in [6.07, 6.45) is 16.6. The van der Waals surface area contributed by atoms with Crippen molar-refractivity contribution in [3.8, 4) is 6.07 Å². The van der Waals surface area contributed by atoms with Crippen molar-refractivity contribution in [2.75, 3.05) is 0 Å². The molecule has 1 heteroatoms. The fourth-order valence-corrected chi connectivity index (χ4v) is 1.12. The quantitative estimate of drug-likeness (QED) is 0.319. The summed E-state index contributed by atoms with van der Waals surface area (Å²) in [5, 5.41) is 8.23. The van der Waals surface area contributed by atoms with Gasteiger partial charge in [-0.3, -0.25) is 0 Å². The molecule has 0 radical (unpaired) electrons. The summed E-state index contributed by atoms with van der Waals surface area (Å²) in [5.41, 5.74) is 0. The Bertz CT molecular complexity index is 218. The maximum absolute atomic E-state index is 8.23. The van der Waals surface area contributed by atoms with Gasteiger partial charge in [0.1, 0.15) is 0 Å². The van der Waals surface area contributed by atoms with E-state index in [1.54, 1.807) is 0 Å². The summed E-state index contributed by atoms with van der Waals surface area (Å²) < 4.78 is 0. The summed E-state index contributed by atoms with van der Waals surface area (Å²) in [5.74, 6) is 0. The number of nitrogens with zero attached hydrogens (tertiary/aromatic N) is 1. The van der Waals surface area contributed by atoms with Gasteiger partial charge in [0.05, 0.1) is 6.07 Å². The highest BCUT2D eigenvalue weighted by molar-refractivity contribution is 5.02. The van der Waals surface area contributed by atoms with Gasteiger partial charge in [0.15, 0.2) is 0 Å². The molecule has 0 N–H and O–H groups in total. The number of unbranched alkanes of at least 4 members (excludes halogenated alkanes) is 4. The van der Waals surface area contributed by atoms with Crippen LogP contribution in [-0.4, -0.2) is 0 Å². The lowest BCUT2D eigenvalue weighted by Gasteiger charge is -1.91. The second kappa shape index (κ2) is 11.7. The largest absolute Gasteiger partial charge is 0.193 e. The number of rotatable bonds is 8. The molecule has 1 nitrogen and oxygen atoms in total. The van der Waals surface area contributed by atoms with E-state index in [0.717, 1.165) is 25.7 Å². The monoisotopic (exact) mass is 189 g/mol. The first-order chi connectivity index (χ1) is 6.91. The predicted octanol–water partition coefficient (Wildman–Crippen LogP) is 4.15. The third-order valence-electron chi connectivity index (χ3n) is 1.89. The van der Waals surface area contributed by atoms with E-state index in [0.29, 0.717) is 0 Å². The molecule has 0 aromatic heterocycles. The first kappa shape index (κ1) is 12.7. The molecule has 0 aliphatic heterocycles.